The highest BCUT2D eigenvalue weighted by Crippen LogP contribution is 2.32. The molecule has 0 bridgehead atoms. The molecule has 84 valence electrons. The minimum atomic E-state index is -0.913. The molecule has 1 aliphatic carbocycles. The topological polar surface area (TPSA) is 40.5 Å². The molecule has 0 aliphatic heterocycles. The van der Waals surface area contributed by atoms with E-state index in [0.29, 0.717) is 6.04 Å². The van der Waals surface area contributed by atoms with E-state index in [4.69, 9.17) is 5.11 Å². The summed E-state index contributed by atoms with van der Waals surface area (Å²) in [7, 11) is 2.06. The van der Waals surface area contributed by atoms with Gasteiger partial charge in [-0.15, -0.1) is 0 Å². The van der Waals surface area contributed by atoms with Crippen LogP contribution in [0.25, 0.3) is 6.08 Å². The lowest BCUT2D eigenvalue weighted by atomic mass is 10.1. The van der Waals surface area contributed by atoms with E-state index in [1.165, 1.54) is 18.9 Å². The molecule has 2 rings (SSSR count). The minimum absolute atomic E-state index is 0.624. The third kappa shape index (κ3) is 2.42. The summed E-state index contributed by atoms with van der Waals surface area (Å²) in [5.41, 5.74) is 2.06. The number of benzene rings is 1. The molecule has 1 saturated carbocycles. The van der Waals surface area contributed by atoms with Crippen LogP contribution < -0.4 is 4.90 Å². The molecule has 16 heavy (non-hydrogen) atoms. The van der Waals surface area contributed by atoms with E-state index < -0.39 is 5.97 Å². The first-order valence-corrected chi connectivity index (χ1v) is 5.41. The number of nitrogens with zero attached hydrogens (tertiary/aromatic N) is 1. The van der Waals surface area contributed by atoms with Crippen molar-refractivity contribution in [1.29, 1.82) is 0 Å². The van der Waals surface area contributed by atoms with Crippen LogP contribution in [0.15, 0.2) is 30.3 Å². The monoisotopic (exact) mass is 217 g/mol. The van der Waals surface area contributed by atoms with Crippen molar-refractivity contribution in [3.63, 3.8) is 0 Å². The zero-order valence-corrected chi connectivity index (χ0v) is 9.26. The number of anilines is 1. The second kappa shape index (κ2) is 4.39. The van der Waals surface area contributed by atoms with Gasteiger partial charge < -0.3 is 10.0 Å². The number of aliphatic carboxylic acids is 1. The first kappa shape index (κ1) is 10.7. The predicted octanol–water partition coefficient (Wildman–Crippen LogP) is 2.38. The van der Waals surface area contributed by atoms with Crippen molar-refractivity contribution in [3.05, 3.63) is 35.9 Å². The summed E-state index contributed by atoms with van der Waals surface area (Å²) >= 11 is 0. The van der Waals surface area contributed by atoms with E-state index in [0.717, 1.165) is 11.3 Å². The molecule has 0 atom stereocenters. The van der Waals surface area contributed by atoms with Gasteiger partial charge in [-0.1, -0.05) is 18.2 Å². The van der Waals surface area contributed by atoms with Crippen LogP contribution in [0.5, 0.6) is 0 Å². The summed E-state index contributed by atoms with van der Waals surface area (Å²) in [5.74, 6) is -0.913. The molecule has 0 heterocycles. The summed E-state index contributed by atoms with van der Waals surface area (Å²) in [4.78, 5) is 12.7. The van der Waals surface area contributed by atoms with E-state index in [1.807, 2.05) is 24.3 Å². The van der Waals surface area contributed by atoms with Gasteiger partial charge in [0.15, 0.2) is 0 Å². The van der Waals surface area contributed by atoms with E-state index >= 15 is 0 Å². The molecule has 0 unspecified atom stereocenters. The maximum absolute atomic E-state index is 10.5. The van der Waals surface area contributed by atoms with Crippen molar-refractivity contribution >= 4 is 17.7 Å². The van der Waals surface area contributed by atoms with Crippen LogP contribution in [-0.2, 0) is 4.79 Å². The fraction of sp³-hybridized carbons (Fsp3) is 0.308. The Bertz CT molecular complexity index is 422. The molecule has 0 spiro atoms. The van der Waals surface area contributed by atoms with Gasteiger partial charge in [-0.3, -0.25) is 0 Å². The van der Waals surface area contributed by atoms with Crippen molar-refractivity contribution in [3.8, 4) is 0 Å². The number of hydrogen-bond donors (Lipinski definition) is 1. The fourth-order valence-electron chi connectivity index (χ4n) is 1.77. The average molecular weight is 217 g/mol. The Morgan fingerprint density at radius 2 is 2.12 bits per heavy atom. The van der Waals surface area contributed by atoms with Crippen LogP contribution in [0.2, 0.25) is 0 Å². The summed E-state index contributed by atoms with van der Waals surface area (Å²) in [6, 6.07) is 8.49. The standard InChI is InChI=1S/C13H15NO2/c1-14(11-7-8-11)12-5-3-2-4-10(12)6-9-13(15)16/h2-6,9,11H,7-8H2,1H3,(H,15,16)/b9-6+. The van der Waals surface area contributed by atoms with Crippen molar-refractivity contribution in [2.24, 2.45) is 0 Å². The fourth-order valence-corrected chi connectivity index (χ4v) is 1.77. The summed E-state index contributed by atoms with van der Waals surface area (Å²) in [6.07, 6.45) is 5.29. The number of carbonyl (C=O) groups is 1. The first-order chi connectivity index (χ1) is 7.68. The zero-order chi connectivity index (χ0) is 11.5. The SMILES string of the molecule is CN(c1ccccc1/C=C/C(=O)O)C1CC1. The molecule has 3 nitrogen and oxygen atoms in total. The van der Waals surface area contributed by atoms with Crippen molar-refractivity contribution in [1.82, 2.24) is 0 Å². The molecular weight excluding hydrogens is 202 g/mol. The van der Waals surface area contributed by atoms with Crippen LogP contribution in [-0.4, -0.2) is 24.2 Å². The molecule has 0 saturated heterocycles. The Kier molecular flexibility index (Phi) is 2.95. The van der Waals surface area contributed by atoms with Crippen molar-refractivity contribution in [2.45, 2.75) is 18.9 Å². The Balaban J connectivity index is 2.25. The minimum Gasteiger partial charge on any atom is -0.478 e. The largest absolute Gasteiger partial charge is 0.478 e. The highest BCUT2D eigenvalue weighted by molar-refractivity contribution is 5.87. The van der Waals surface area contributed by atoms with Gasteiger partial charge in [-0.05, 0) is 30.5 Å². The van der Waals surface area contributed by atoms with Gasteiger partial charge in [0.05, 0.1) is 0 Å². The van der Waals surface area contributed by atoms with E-state index in [-0.39, 0.29) is 0 Å². The van der Waals surface area contributed by atoms with E-state index in [2.05, 4.69) is 11.9 Å². The maximum Gasteiger partial charge on any atom is 0.328 e. The summed E-state index contributed by atoms with van der Waals surface area (Å²) in [5, 5.41) is 8.63. The number of carboxylic acids is 1. The van der Waals surface area contributed by atoms with Crippen LogP contribution in [0.3, 0.4) is 0 Å². The summed E-state index contributed by atoms with van der Waals surface area (Å²) in [6.45, 7) is 0. The smallest absolute Gasteiger partial charge is 0.328 e. The predicted molar refractivity (Wildman–Crippen MR) is 64.5 cm³/mol. The Labute approximate surface area is 95.0 Å². The third-order valence-electron chi connectivity index (χ3n) is 2.82. The van der Waals surface area contributed by atoms with Gasteiger partial charge in [0.1, 0.15) is 0 Å². The highest BCUT2D eigenvalue weighted by Gasteiger charge is 2.27. The second-order valence-electron chi connectivity index (χ2n) is 4.07. The van der Waals surface area contributed by atoms with Crippen LogP contribution >= 0.6 is 0 Å². The average Bonchev–Trinajstić information content (AvgIpc) is 3.09. The van der Waals surface area contributed by atoms with Gasteiger partial charge in [0.25, 0.3) is 0 Å². The van der Waals surface area contributed by atoms with Crippen LogP contribution in [0.1, 0.15) is 18.4 Å². The molecule has 1 aliphatic rings. The zero-order valence-electron chi connectivity index (χ0n) is 9.26. The third-order valence-corrected chi connectivity index (χ3v) is 2.82. The number of rotatable bonds is 4. The van der Waals surface area contributed by atoms with Gasteiger partial charge in [-0.25, -0.2) is 4.79 Å². The Hall–Kier alpha value is -1.77. The Morgan fingerprint density at radius 1 is 1.44 bits per heavy atom. The van der Waals surface area contributed by atoms with Crippen LogP contribution in [0.4, 0.5) is 5.69 Å². The molecule has 0 aromatic heterocycles. The molecule has 1 aromatic carbocycles. The van der Waals surface area contributed by atoms with E-state index in [9.17, 15) is 4.79 Å². The van der Waals surface area contributed by atoms with Crippen LogP contribution in [0, 0.1) is 0 Å². The van der Waals surface area contributed by atoms with Gasteiger partial charge in [-0.2, -0.15) is 0 Å². The molecule has 0 radical (unpaired) electrons. The Morgan fingerprint density at radius 3 is 2.75 bits per heavy atom. The lowest BCUT2D eigenvalue weighted by molar-refractivity contribution is -0.131. The molecule has 1 N–H and O–H groups in total. The maximum atomic E-state index is 10.5. The number of carboxylic acid groups (broad SMARTS) is 1. The van der Waals surface area contributed by atoms with Crippen molar-refractivity contribution in [2.75, 3.05) is 11.9 Å². The van der Waals surface area contributed by atoms with Crippen molar-refractivity contribution < 1.29 is 9.90 Å². The molecule has 0 amide bonds. The van der Waals surface area contributed by atoms with Gasteiger partial charge >= 0.3 is 5.97 Å². The first-order valence-electron chi connectivity index (χ1n) is 5.41. The number of para-hydroxylation sites is 1. The molecular formula is C13H15NO2. The highest BCUT2D eigenvalue weighted by atomic mass is 16.4. The molecule has 1 fully saturated rings. The normalized spacial score (nSPS) is 15.3. The van der Waals surface area contributed by atoms with Gasteiger partial charge in [0.2, 0.25) is 0 Å². The number of hydrogen-bond acceptors (Lipinski definition) is 2. The lowest BCUT2D eigenvalue weighted by Gasteiger charge is -2.20. The summed E-state index contributed by atoms with van der Waals surface area (Å²) < 4.78 is 0. The van der Waals surface area contributed by atoms with Gasteiger partial charge in [0, 0.05) is 24.9 Å². The molecule has 1 aromatic rings. The second-order valence-corrected chi connectivity index (χ2v) is 4.07. The lowest BCUT2D eigenvalue weighted by Crippen LogP contribution is -2.20. The quantitative estimate of drug-likeness (QED) is 0.787. The molecule has 3 heteroatoms. The van der Waals surface area contributed by atoms with E-state index in [1.54, 1.807) is 6.08 Å².